The number of nitrogens with zero attached hydrogens (tertiary/aromatic N) is 3. The summed E-state index contributed by atoms with van der Waals surface area (Å²) in [6.45, 7) is 0.631. The van der Waals surface area contributed by atoms with E-state index >= 15 is 0 Å². The van der Waals surface area contributed by atoms with Gasteiger partial charge in [-0.25, -0.2) is 0 Å². The Hall–Kier alpha value is -0.100. The summed E-state index contributed by atoms with van der Waals surface area (Å²) in [5.41, 5.74) is 0. The van der Waals surface area contributed by atoms with Crippen LogP contribution in [-0.4, -0.2) is 34.4 Å². The van der Waals surface area contributed by atoms with Gasteiger partial charge in [-0.15, -0.1) is 0 Å². The largest absolute Gasteiger partial charge is 0.384 e. The van der Waals surface area contributed by atoms with Gasteiger partial charge in [-0.2, -0.15) is 15.0 Å². The second-order valence-corrected chi connectivity index (χ2v) is 3.74. The summed E-state index contributed by atoms with van der Waals surface area (Å²) in [6.07, 6.45) is 0. The molecular formula is C6H7Cl2N3OS. The molecule has 1 heterocycles. The van der Waals surface area contributed by atoms with Gasteiger partial charge in [-0.05, 0) is 23.2 Å². The fourth-order valence-electron chi connectivity index (χ4n) is 0.590. The minimum absolute atomic E-state index is 0.111. The maximum atomic E-state index is 5.57. The zero-order valence-corrected chi connectivity index (χ0v) is 9.16. The van der Waals surface area contributed by atoms with E-state index in [0.29, 0.717) is 11.8 Å². The fourth-order valence-corrected chi connectivity index (χ4v) is 1.79. The van der Waals surface area contributed by atoms with E-state index < -0.39 is 0 Å². The van der Waals surface area contributed by atoms with E-state index in [-0.39, 0.29) is 10.6 Å². The van der Waals surface area contributed by atoms with Crippen LogP contribution in [0.25, 0.3) is 0 Å². The average Bonchev–Trinajstić information content (AvgIpc) is 2.03. The molecule has 0 unspecified atom stereocenters. The highest BCUT2D eigenvalue weighted by molar-refractivity contribution is 7.99. The first-order valence-corrected chi connectivity index (χ1v) is 5.15. The van der Waals surface area contributed by atoms with Crippen LogP contribution in [0.2, 0.25) is 10.6 Å². The van der Waals surface area contributed by atoms with Crippen molar-refractivity contribution >= 4 is 35.0 Å². The van der Waals surface area contributed by atoms with Crippen molar-refractivity contribution in [3.05, 3.63) is 10.6 Å². The second-order valence-electron chi connectivity index (χ2n) is 2.00. The average molecular weight is 240 g/mol. The number of methoxy groups -OCH3 is 1. The minimum atomic E-state index is 0.111. The highest BCUT2D eigenvalue weighted by Crippen LogP contribution is 2.15. The summed E-state index contributed by atoms with van der Waals surface area (Å²) in [7, 11) is 1.63. The topological polar surface area (TPSA) is 47.9 Å². The fraction of sp³-hybridized carbons (Fsp3) is 0.500. The molecule has 0 amide bonds. The van der Waals surface area contributed by atoms with Crippen molar-refractivity contribution in [1.29, 1.82) is 0 Å². The van der Waals surface area contributed by atoms with Crippen LogP contribution in [0.4, 0.5) is 0 Å². The van der Waals surface area contributed by atoms with E-state index in [2.05, 4.69) is 15.0 Å². The van der Waals surface area contributed by atoms with Crippen molar-refractivity contribution in [2.24, 2.45) is 0 Å². The first kappa shape index (κ1) is 11.0. The van der Waals surface area contributed by atoms with Gasteiger partial charge in [-0.3, -0.25) is 0 Å². The van der Waals surface area contributed by atoms with Crippen LogP contribution >= 0.6 is 35.0 Å². The number of hydrogen-bond acceptors (Lipinski definition) is 5. The molecule has 0 aromatic carbocycles. The summed E-state index contributed by atoms with van der Waals surface area (Å²) in [4.78, 5) is 11.4. The van der Waals surface area contributed by atoms with E-state index in [0.717, 1.165) is 5.75 Å². The van der Waals surface area contributed by atoms with Crippen LogP contribution in [0.1, 0.15) is 0 Å². The lowest BCUT2D eigenvalue weighted by Crippen LogP contribution is -1.96. The summed E-state index contributed by atoms with van der Waals surface area (Å²) < 4.78 is 4.87. The molecule has 0 aliphatic carbocycles. The Balaban J connectivity index is 2.56. The van der Waals surface area contributed by atoms with Crippen LogP contribution < -0.4 is 0 Å². The SMILES string of the molecule is COCCSc1nc(Cl)nc(Cl)n1. The van der Waals surface area contributed by atoms with E-state index in [9.17, 15) is 0 Å². The highest BCUT2D eigenvalue weighted by atomic mass is 35.5. The lowest BCUT2D eigenvalue weighted by molar-refractivity contribution is 0.218. The first-order chi connectivity index (χ1) is 6.22. The molecule has 7 heteroatoms. The molecule has 0 aliphatic heterocycles. The quantitative estimate of drug-likeness (QED) is 0.594. The highest BCUT2D eigenvalue weighted by Gasteiger charge is 2.02. The molecule has 4 nitrogen and oxygen atoms in total. The predicted molar refractivity (Wildman–Crippen MR) is 52.4 cm³/mol. The molecule has 0 fully saturated rings. The van der Waals surface area contributed by atoms with Crippen molar-refractivity contribution in [1.82, 2.24) is 15.0 Å². The van der Waals surface area contributed by atoms with E-state index in [1.165, 1.54) is 11.8 Å². The first-order valence-electron chi connectivity index (χ1n) is 3.41. The maximum Gasteiger partial charge on any atom is 0.227 e. The Morgan fingerprint density at radius 1 is 1.23 bits per heavy atom. The van der Waals surface area contributed by atoms with Gasteiger partial charge in [0.15, 0.2) is 5.16 Å². The number of thioether (sulfide) groups is 1. The summed E-state index contributed by atoms with van der Waals surface area (Å²) in [5.74, 6) is 0.757. The van der Waals surface area contributed by atoms with Crippen LogP contribution in [0.3, 0.4) is 0 Å². The van der Waals surface area contributed by atoms with Gasteiger partial charge >= 0.3 is 0 Å². The lowest BCUT2D eigenvalue weighted by Gasteiger charge is -1.99. The minimum Gasteiger partial charge on any atom is -0.384 e. The third-order valence-corrected chi connectivity index (χ3v) is 2.23. The Labute approximate surface area is 90.0 Å². The smallest absolute Gasteiger partial charge is 0.227 e. The van der Waals surface area contributed by atoms with Gasteiger partial charge in [0.2, 0.25) is 10.6 Å². The Morgan fingerprint density at radius 2 is 1.85 bits per heavy atom. The molecule has 0 atom stereocenters. The number of aromatic nitrogens is 3. The third kappa shape index (κ3) is 4.08. The van der Waals surface area contributed by atoms with E-state index in [1.807, 2.05) is 0 Å². The third-order valence-electron chi connectivity index (χ3n) is 1.08. The molecule has 0 aliphatic rings. The lowest BCUT2D eigenvalue weighted by atomic mass is 10.9. The van der Waals surface area contributed by atoms with Crippen molar-refractivity contribution in [3.63, 3.8) is 0 Å². The van der Waals surface area contributed by atoms with Gasteiger partial charge in [0.05, 0.1) is 6.61 Å². The van der Waals surface area contributed by atoms with Gasteiger partial charge < -0.3 is 4.74 Å². The standard InChI is InChI=1S/C6H7Cl2N3OS/c1-12-2-3-13-6-10-4(7)9-5(8)11-6/h2-3H2,1H3. The normalized spacial score (nSPS) is 10.4. The molecule has 1 rings (SSSR count). The van der Waals surface area contributed by atoms with Crippen LogP contribution in [-0.2, 0) is 4.74 Å². The van der Waals surface area contributed by atoms with Gasteiger partial charge in [0.1, 0.15) is 0 Å². The maximum absolute atomic E-state index is 5.57. The van der Waals surface area contributed by atoms with Crippen molar-refractivity contribution in [2.75, 3.05) is 19.5 Å². The number of hydrogen-bond donors (Lipinski definition) is 0. The van der Waals surface area contributed by atoms with Gasteiger partial charge in [0.25, 0.3) is 0 Å². The summed E-state index contributed by atoms with van der Waals surface area (Å²) in [5, 5.41) is 0.738. The Morgan fingerprint density at radius 3 is 2.38 bits per heavy atom. The van der Waals surface area contributed by atoms with Gasteiger partial charge in [-0.1, -0.05) is 11.8 Å². The van der Waals surface area contributed by atoms with E-state index in [1.54, 1.807) is 7.11 Å². The molecule has 0 spiro atoms. The zero-order chi connectivity index (χ0) is 9.68. The zero-order valence-electron chi connectivity index (χ0n) is 6.83. The molecule has 1 aromatic rings. The molecule has 0 N–H and O–H groups in total. The molecule has 0 saturated carbocycles. The number of ether oxygens (including phenoxy) is 1. The van der Waals surface area contributed by atoms with Crippen molar-refractivity contribution < 1.29 is 4.74 Å². The van der Waals surface area contributed by atoms with Crippen LogP contribution in [0.5, 0.6) is 0 Å². The molecule has 13 heavy (non-hydrogen) atoms. The number of halogens is 2. The summed E-state index contributed by atoms with van der Waals surface area (Å²) >= 11 is 12.6. The van der Waals surface area contributed by atoms with Crippen LogP contribution in [0.15, 0.2) is 5.16 Å². The van der Waals surface area contributed by atoms with E-state index in [4.69, 9.17) is 27.9 Å². The molecule has 1 aromatic heterocycles. The monoisotopic (exact) mass is 239 g/mol. The molecule has 72 valence electrons. The molecule has 0 bridgehead atoms. The Kier molecular flexibility index (Phi) is 4.72. The molecule has 0 radical (unpaired) electrons. The molecular weight excluding hydrogens is 233 g/mol. The van der Waals surface area contributed by atoms with Gasteiger partial charge in [0, 0.05) is 12.9 Å². The second kappa shape index (κ2) is 5.59. The van der Waals surface area contributed by atoms with Crippen molar-refractivity contribution in [3.8, 4) is 0 Å². The van der Waals surface area contributed by atoms with Crippen molar-refractivity contribution in [2.45, 2.75) is 5.16 Å². The predicted octanol–water partition coefficient (Wildman–Crippen LogP) is 1.92. The molecule has 0 saturated heterocycles. The number of rotatable bonds is 4. The summed E-state index contributed by atoms with van der Waals surface area (Å²) in [6, 6.07) is 0. The Bertz CT molecular complexity index is 266. The van der Waals surface area contributed by atoms with Crippen LogP contribution in [0, 0.1) is 0 Å².